The third kappa shape index (κ3) is 3.18. The van der Waals surface area contributed by atoms with Gasteiger partial charge in [0, 0.05) is 38.7 Å². The van der Waals surface area contributed by atoms with Gasteiger partial charge in [-0.25, -0.2) is 9.97 Å². The van der Waals surface area contributed by atoms with Crippen LogP contribution in [-0.4, -0.2) is 38.7 Å². The molecule has 1 aliphatic heterocycles. The molecule has 0 aliphatic carbocycles. The summed E-state index contributed by atoms with van der Waals surface area (Å²) in [5.41, 5.74) is 0.732. The van der Waals surface area contributed by atoms with Crippen molar-refractivity contribution in [2.75, 3.05) is 23.3 Å². The van der Waals surface area contributed by atoms with E-state index in [9.17, 15) is 4.79 Å². The van der Waals surface area contributed by atoms with Crippen molar-refractivity contribution < 1.29 is 4.79 Å². The lowest BCUT2D eigenvalue weighted by Crippen LogP contribution is -2.41. The van der Waals surface area contributed by atoms with Crippen LogP contribution in [-0.2, 0) is 11.8 Å². The molecule has 110 valence electrons. The van der Waals surface area contributed by atoms with E-state index in [4.69, 9.17) is 0 Å². The molecule has 2 aromatic rings. The van der Waals surface area contributed by atoms with E-state index in [1.165, 1.54) is 0 Å². The largest absolute Gasteiger partial charge is 0.340 e. The molecular formula is C14H18N6O. The lowest BCUT2D eigenvalue weighted by Gasteiger charge is -2.31. The van der Waals surface area contributed by atoms with Crippen LogP contribution in [0.1, 0.15) is 12.8 Å². The highest BCUT2D eigenvalue weighted by atomic mass is 16.1. The molecule has 3 heterocycles. The van der Waals surface area contributed by atoms with Crippen molar-refractivity contribution in [3.8, 4) is 0 Å². The van der Waals surface area contributed by atoms with Gasteiger partial charge in [-0.1, -0.05) is 0 Å². The SMILES string of the molecule is Cn1cc(NC(=O)[C@H]2CCCN(c3ncccn3)C2)cn1. The summed E-state index contributed by atoms with van der Waals surface area (Å²) in [4.78, 5) is 22.9. The number of hydrogen-bond donors (Lipinski definition) is 1. The Morgan fingerprint density at radius 2 is 2.19 bits per heavy atom. The van der Waals surface area contributed by atoms with Gasteiger partial charge in [0.15, 0.2) is 0 Å². The first-order valence-corrected chi connectivity index (χ1v) is 7.04. The predicted molar refractivity (Wildman–Crippen MR) is 78.8 cm³/mol. The highest BCUT2D eigenvalue weighted by Gasteiger charge is 2.27. The molecule has 0 spiro atoms. The van der Waals surface area contributed by atoms with E-state index in [1.807, 2.05) is 7.05 Å². The Morgan fingerprint density at radius 3 is 2.90 bits per heavy atom. The number of anilines is 2. The van der Waals surface area contributed by atoms with E-state index < -0.39 is 0 Å². The number of carbonyl (C=O) groups excluding carboxylic acids is 1. The van der Waals surface area contributed by atoms with E-state index in [0.717, 1.165) is 25.1 Å². The van der Waals surface area contributed by atoms with Crippen molar-refractivity contribution in [3.05, 3.63) is 30.9 Å². The Hall–Kier alpha value is -2.44. The summed E-state index contributed by atoms with van der Waals surface area (Å²) in [5.74, 6) is 0.669. The van der Waals surface area contributed by atoms with E-state index in [0.29, 0.717) is 12.5 Å². The molecule has 1 fully saturated rings. The second-order valence-electron chi connectivity index (χ2n) is 5.23. The van der Waals surface area contributed by atoms with Crippen LogP contribution in [0.5, 0.6) is 0 Å². The van der Waals surface area contributed by atoms with Gasteiger partial charge in [0.05, 0.1) is 17.8 Å². The molecule has 1 atom stereocenters. The fourth-order valence-electron chi connectivity index (χ4n) is 2.56. The van der Waals surface area contributed by atoms with Gasteiger partial charge in [-0.2, -0.15) is 5.10 Å². The van der Waals surface area contributed by atoms with Gasteiger partial charge in [-0.3, -0.25) is 9.48 Å². The number of hydrogen-bond acceptors (Lipinski definition) is 5. The van der Waals surface area contributed by atoms with Crippen LogP contribution in [0.25, 0.3) is 0 Å². The zero-order chi connectivity index (χ0) is 14.7. The Kier molecular flexibility index (Phi) is 3.81. The summed E-state index contributed by atoms with van der Waals surface area (Å²) in [6.45, 7) is 1.54. The Bertz CT molecular complexity index is 611. The van der Waals surface area contributed by atoms with E-state index in [2.05, 4.69) is 25.3 Å². The van der Waals surface area contributed by atoms with Crippen molar-refractivity contribution in [1.29, 1.82) is 0 Å². The number of aryl methyl sites for hydroxylation is 1. The summed E-state index contributed by atoms with van der Waals surface area (Å²) < 4.78 is 1.67. The van der Waals surface area contributed by atoms with Crippen LogP contribution in [0.2, 0.25) is 0 Å². The predicted octanol–water partition coefficient (Wildman–Crippen LogP) is 1.07. The van der Waals surface area contributed by atoms with Crippen molar-refractivity contribution >= 4 is 17.5 Å². The van der Waals surface area contributed by atoms with Crippen LogP contribution >= 0.6 is 0 Å². The molecule has 1 aliphatic rings. The molecular weight excluding hydrogens is 268 g/mol. The molecule has 0 unspecified atom stereocenters. The number of piperidine rings is 1. The second kappa shape index (κ2) is 5.90. The maximum atomic E-state index is 12.3. The third-order valence-corrected chi connectivity index (χ3v) is 3.60. The van der Waals surface area contributed by atoms with E-state index in [1.54, 1.807) is 35.5 Å². The molecule has 21 heavy (non-hydrogen) atoms. The van der Waals surface area contributed by atoms with Gasteiger partial charge in [-0.15, -0.1) is 0 Å². The number of carbonyl (C=O) groups is 1. The van der Waals surface area contributed by atoms with Crippen LogP contribution in [0.15, 0.2) is 30.9 Å². The average Bonchev–Trinajstić information content (AvgIpc) is 2.93. The van der Waals surface area contributed by atoms with Crippen molar-refractivity contribution in [3.63, 3.8) is 0 Å². The zero-order valence-corrected chi connectivity index (χ0v) is 11.9. The van der Waals surface area contributed by atoms with Gasteiger partial charge < -0.3 is 10.2 Å². The lowest BCUT2D eigenvalue weighted by molar-refractivity contribution is -0.120. The summed E-state index contributed by atoms with van der Waals surface area (Å²) in [5, 5.41) is 6.96. The number of nitrogens with one attached hydrogen (secondary N) is 1. The van der Waals surface area contributed by atoms with Crippen LogP contribution < -0.4 is 10.2 Å². The van der Waals surface area contributed by atoms with Gasteiger partial charge in [0.25, 0.3) is 0 Å². The molecule has 3 rings (SSSR count). The molecule has 7 nitrogen and oxygen atoms in total. The molecule has 0 bridgehead atoms. The monoisotopic (exact) mass is 286 g/mol. The second-order valence-corrected chi connectivity index (χ2v) is 5.23. The van der Waals surface area contributed by atoms with Crippen molar-refractivity contribution in [2.24, 2.45) is 13.0 Å². The summed E-state index contributed by atoms with van der Waals surface area (Å²) >= 11 is 0. The maximum Gasteiger partial charge on any atom is 0.229 e. The minimum Gasteiger partial charge on any atom is -0.340 e. The zero-order valence-electron chi connectivity index (χ0n) is 11.9. The first-order valence-electron chi connectivity index (χ1n) is 7.04. The molecule has 1 amide bonds. The topological polar surface area (TPSA) is 75.9 Å². The van der Waals surface area contributed by atoms with E-state index in [-0.39, 0.29) is 11.8 Å². The number of aromatic nitrogens is 4. The summed E-state index contributed by atoms with van der Waals surface area (Å²) in [6.07, 6.45) is 8.74. The quantitative estimate of drug-likeness (QED) is 0.913. The highest BCUT2D eigenvalue weighted by Crippen LogP contribution is 2.21. The fourth-order valence-corrected chi connectivity index (χ4v) is 2.56. The summed E-state index contributed by atoms with van der Waals surface area (Å²) in [6, 6.07) is 1.79. The van der Waals surface area contributed by atoms with E-state index >= 15 is 0 Å². The first kappa shape index (κ1) is 13.5. The van der Waals surface area contributed by atoms with Crippen LogP contribution in [0, 0.1) is 5.92 Å². The highest BCUT2D eigenvalue weighted by molar-refractivity contribution is 5.92. The molecule has 0 radical (unpaired) electrons. The maximum absolute atomic E-state index is 12.3. The fraction of sp³-hybridized carbons (Fsp3) is 0.429. The molecule has 1 saturated heterocycles. The third-order valence-electron chi connectivity index (χ3n) is 3.60. The minimum absolute atomic E-state index is 0.0311. The normalized spacial score (nSPS) is 18.5. The number of amides is 1. The Morgan fingerprint density at radius 1 is 1.38 bits per heavy atom. The van der Waals surface area contributed by atoms with Crippen molar-refractivity contribution in [1.82, 2.24) is 19.7 Å². The molecule has 1 N–H and O–H groups in total. The summed E-state index contributed by atoms with van der Waals surface area (Å²) in [7, 11) is 1.82. The number of rotatable bonds is 3. The number of nitrogens with zero attached hydrogens (tertiary/aromatic N) is 5. The Labute approximate surface area is 123 Å². The lowest BCUT2D eigenvalue weighted by atomic mass is 9.97. The minimum atomic E-state index is -0.0530. The van der Waals surface area contributed by atoms with Crippen molar-refractivity contribution in [2.45, 2.75) is 12.8 Å². The molecule has 0 saturated carbocycles. The first-order chi connectivity index (χ1) is 10.2. The average molecular weight is 286 g/mol. The van der Waals surface area contributed by atoms with Crippen LogP contribution in [0.4, 0.5) is 11.6 Å². The standard InChI is InChI=1S/C14H18N6O/c1-19-10-12(8-17-19)18-13(21)11-4-2-7-20(9-11)14-15-5-3-6-16-14/h3,5-6,8,10-11H,2,4,7,9H2,1H3,(H,18,21)/t11-/m0/s1. The van der Waals surface area contributed by atoms with Gasteiger partial charge in [-0.05, 0) is 18.9 Å². The van der Waals surface area contributed by atoms with Gasteiger partial charge in [0.2, 0.25) is 11.9 Å². The molecule has 2 aromatic heterocycles. The van der Waals surface area contributed by atoms with Gasteiger partial charge >= 0.3 is 0 Å². The molecule has 7 heteroatoms. The molecule has 0 aromatic carbocycles. The van der Waals surface area contributed by atoms with Crippen LogP contribution in [0.3, 0.4) is 0 Å². The smallest absolute Gasteiger partial charge is 0.229 e. The van der Waals surface area contributed by atoms with Gasteiger partial charge in [0.1, 0.15) is 0 Å². The Balaban J connectivity index is 1.64.